The summed E-state index contributed by atoms with van der Waals surface area (Å²) in [6, 6.07) is 8.40. The van der Waals surface area contributed by atoms with Crippen LogP contribution in [0.3, 0.4) is 0 Å². The molecule has 8 heteroatoms. The zero-order chi connectivity index (χ0) is 24.8. The number of fused-ring (bicyclic) bond motifs is 2. The summed E-state index contributed by atoms with van der Waals surface area (Å²) in [6.45, 7) is 4.61. The van der Waals surface area contributed by atoms with Crippen molar-refractivity contribution >= 4 is 29.5 Å². The number of hydrogen-bond donors (Lipinski definition) is 1. The lowest BCUT2D eigenvalue weighted by atomic mass is 9.74. The molecule has 4 heterocycles. The summed E-state index contributed by atoms with van der Waals surface area (Å²) in [5.41, 5.74) is 1.00. The first-order valence-electron chi connectivity index (χ1n) is 12.3. The number of cyclic esters (lactones) is 1. The van der Waals surface area contributed by atoms with Crippen LogP contribution in [0.2, 0.25) is 0 Å². The van der Waals surface area contributed by atoms with E-state index in [1.807, 2.05) is 55.5 Å². The summed E-state index contributed by atoms with van der Waals surface area (Å²) in [5, 5.41) is 10.0. The molecule has 6 atom stereocenters. The first kappa shape index (κ1) is 24.1. The molecule has 1 spiro atoms. The van der Waals surface area contributed by atoms with Gasteiger partial charge in [-0.15, -0.1) is 11.8 Å². The van der Waals surface area contributed by atoms with Crippen LogP contribution in [-0.2, 0) is 25.7 Å². The fraction of sp³-hybridized carbons (Fsp3) is 0.519. The number of nitrogens with zero attached hydrogens (tertiary/aromatic N) is 2. The Morgan fingerprint density at radius 1 is 1.11 bits per heavy atom. The van der Waals surface area contributed by atoms with E-state index in [0.29, 0.717) is 19.7 Å². The van der Waals surface area contributed by atoms with Crippen LogP contribution in [0.5, 0.6) is 0 Å². The number of carbonyl (C=O) groups excluding carboxylic acids is 3. The van der Waals surface area contributed by atoms with E-state index < -0.39 is 33.4 Å². The van der Waals surface area contributed by atoms with Gasteiger partial charge in [0.2, 0.25) is 11.8 Å². The zero-order valence-electron chi connectivity index (χ0n) is 20.1. The Morgan fingerprint density at radius 3 is 2.63 bits per heavy atom. The van der Waals surface area contributed by atoms with Crippen LogP contribution >= 0.6 is 11.8 Å². The van der Waals surface area contributed by atoms with E-state index in [9.17, 15) is 19.5 Å². The molecule has 1 aromatic rings. The fourth-order valence-corrected chi connectivity index (χ4v) is 8.27. The molecule has 0 bridgehead atoms. The quantitative estimate of drug-likeness (QED) is 0.509. The van der Waals surface area contributed by atoms with Gasteiger partial charge in [-0.25, -0.2) is 0 Å². The van der Waals surface area contributed by atoms with Gasteiger partial charge < -0.3 is 19.6 Å². The van der Waals surface area contributed by atoms with Crippen molar-refractivity contribution in [2.45, 2.75) is 54.8 Å². The highest BCUT2D eigenvalue weighted by molar-refractivity contribution is 8.02. The molecule has 0 aliphatic carbocycles. The van der Waals surface area contributed by atoms with Crippen molar-refractivity contribution in [1.82, 2.24) is 9.80 Å². The van der Waals surface area contributed by atoms with E-state index in [4.69, 9.17) is 4.74 Å². The lowest BCUT2D eigenvalue weighted by molar-refractivity contribution is -0.154. The molecular weight excluding hydrogens is 464 g/mol. The number of hydrogen-bond acceptors (Lipinski definition) is 6. The summed E-state index contributed by atoms with van der Waals surface area (Å²) in [6.07, 6.45) is 9.59. The molecule has 5 rings (SSSR count). The van der Waals surface area contributed by atoms with E-state index in [1.54, 1.807) is 11.8 Å². The minimum atomic E-state index is -0.926. The topological polar surface area (TPSA) is 87.2 Å². The van der Waals surface area contributed by atoms with Crippen molar-refractivity contribution < 1.29 is 24.2 Å². The third-order valence-corrected chi connectivity index (χ3v) is 9.52. The molecule has 1 unspecified atom stereocenters. The predicted molar refractivity (Wildman–Crippen MR) is 133 cm³/mol. The van der Waals surface area contributed by atoms with E-state index in [2.05, 4.69) is 6.08 Å². The average molecular weight is 497 g/mol. The lowest BCUT2D eigenvalue weighted by Gasteiger charge is -2.38. The normalized spacial score (nSPS) is 36.3. The van der Waals surface area contributed by atoms with Crippen LogP contribution in [0.4, 0.5) is 0 Å². The standard InChI is InChI=1S/C27H32N2O5S/c1-18(17-30)29-22-24(32)28(16-19-10-5-3-6-11-19)14-9-13-27(22)20(23(29)31)21-25(33)34-15-8-4-7-12-26(21,2)35-27/h3,5-7,9-13,18,20-22,30H,4,8,14-17H2,1-2H3/b12-7-/t18-,20+,21+,22?,26-,27+/m1/s1. The molecule has 2 fully saturated rings. The van der Waals surface area contributed by atoms with Gasteiger partial charge in [-0.3, -0.25) is 14.4 Å². The number of thioether (sulfide) groups is 1. The van der Waals surface area contributed by atoms with Gasteiger partial charge in [-0.05, 0) is 32.3 Å². The van der Waals surface area contributed by atoms with Crippen LogP contribution in [-0.4, -0.2) is 74.0 Å². The van der Waals surface area contributed by atoms with Gasteiger partial charge in [0.05, 0.1) is 35.8 Å². The molecule has 0 radical (unpaired) electrons. The van der Waals surface area contributed by atoms with Gasteiger partial charge in [0.25, 0.3) is 0 Å². The number of benzene rings is 1. The second-order valence-electron chi connectivity index (χ2n) is 10.1. The van der Waals surface area contributed by atoms with Gasteiger partial charge in [-0.2, -0.15) is 0 Å². The highest BCUT2D eigenvalue weighted by Gasteiger charge is 2.74. The van der Waals surface area contributed by atoms with Gasteiger partial charge in [0.15, 0.2) is 0 Å². The summed E-state index contributed by atoms with van der Waals surface area (Å²) in [7, 11) is 0. The Bertz CT molecular complexity index is 1070. The number of aliphatic hydroxyl groups excluding tert-OH is 1. The molecular formula is C27H32N2O5S. The smallest absolute Gasteiger partial charge is 0.311 e. The Kier molecular flexibility index (Phi) is 6.30. The monoisotopic (exact) mass is 496 g/mol. The fourth-order valence-electron chi connectivity index (χ4n) is 6.13. The summed E-state index contributed by atoms with van der Waals surface area (Å²) in [5.74, 6) is -2.27. The molecule has 35 heavy (non-hydrogen) atoms. The number of allylic oxidation sites excluding steroid dienone is 1. The molecule has 4 aliphatic heterocycles. The van der Waals surface area contributed by atoms with Crippen molar-refractivity contribution in [2.75, 3.05) is 19.8 Å². The second-order valence-corrected chi connectivity index (χ2v) is 11.9. The minimum Gasteiger partial charge on any atom is -0.465 e. The Morgan fingerprint density at radius 2 is 1.89 bits per heavy atom. The molecule has 1 aromatic carbocycles. The Hall–Kier alpha value is -2.58. The van der Waals surface area contributed by atoms with E-state index in [0.717, 1.165) is 18.4 Å². The number of amides is 2. The molecule has 2 amide bonds. The van der Waals surface area contributed by atoms with Crippen LogP contribution in [0.15, 0.2) is 54.6 Å². The SMILES string of the molecule is C[C@H](CO)N1C(=O)[C@@H]2[C@H]3C(=O)OCCC/C=C\[C@@]3(C)S[C@@]23C=CCN(Cc2ccccc2)C(=O)C13. The van der Waals surface area contributed by atoms with Gasteiger partial charge in [0.1, 0.15) is 6.04 Å². The number of aliphatic hydroxyl groups is 1. The molecule has 0 saturated carbocycles. The largest absolute Gasteiger partial charge is 0.465 e. The average Bonchev–Trinajstić information content (AvgIpc) is 3.21. The van der Waals surface area contributed by atoms with Crippen molar-refractivity contribution in [3.05, 3.63) is 60.2 Å². The number of ether oxygens (including phenoxy) is 1. The molecule has 186 valence electrons. The summed E-state index contributed by atoms with van der Waals surface area (Å²) < 4.78 is 4.01. The number of rotatable bonds is 4. The van der Waals surface area contributed by atoms with Crippen LogP contribution in [0.25, 0.3) is 0 Å². The zero-order valence-corrected chi connectivity index (χ0v) is 20.9. The van der Waals surface area contributed by atoms with Crippen molar-refractivity contribution in [3.8, 4) is 0 Å². The first-order chi connectivity index (χ1) is 16.8. The Balaban J connectivity index is 1.61. The number of likely N-dealkylation sites (tertiary alicyclic amines) is 1. The van der Waals surface area contributed by atoms with Crippen LogP contribution < -0.4 is 0 Å². The predicted octanol–water partition coefficient (Wildman–Crippen LogP) is 2.55. The highest BCUT2D eigenvalue weighted by Crippen LogP contribution is 2.65. The maximum absolute atomic E-state index is 14.2. The van der Waals surface area contributed by atoms with E-state index >= 15 is 0 Å². The number of carbonyl (C=O) groups is 3. The van der Waals surface area contributed by atoms with Gasteiger partial charge in [0, 0.05) is 17.8 Å². The van der Waals surface area contributed by atoms with Crippen molar-refractivity contribution in [3.63, 3.8) is 0 Å². The van der Waals surface area contributed by atoms with Gasteiger partial charge >= 0.3 is 5.97 Å². The first-order valence-corrected chi connectivity index (χ1v) is 13.1. The van der Waals surface area contributed by atoms with Crippen LogP contribution in [0.1, 0.15) is 32.3 Å². The maximum atomic E-state index is 14.2. The van der Waals surface area contributed by atoms with Crippen molar-refractivity contribution in [1.29, 1.82) is 0 Å². The van der Waals surface area contributed by atoms with E-state index in [-0.39, 0.29) is 24.4 Å². The number of esters is 1. The lowest BCUT2D eigenvalue weighted by Crippen LogP contribution is -2.56. The highest BCUT2D eigenvalue weighted by atomic mass is 32.2. The second kappa shape index (κ2) is 9.13. The molecule has 0 aromatic heterocycles. The minimum absolute atomic E-state index is 0.157. The van der Waals surface area contributed by atoms with E-state index in [1.165, 1.54) is 16.7 Å². The van der Waals surface area contributed by atoms with Crippen molar-refractivity contribution in [2.24, 2.45) is 11.8 Å². The molecule has 2 saturated heterocycles. The third-order valence-electron chi connectivity index (χ3n) is 7.73. The van der Waals surface area contributed by atoms with Crippen LogP contribution in [0, 0.1) is 11.8 Å². The molecule has 1 N–H and O–H groups in total. The molecule has 7 nitrogen and oxygen atoms in total. The van der Waals surface area contributed by atoms with Gasteiger partial charge in [-0.1, -0.05) is 54.6 Å². The maximum Gasteiger partial charge on any atom is 0.311 e. The summed E-state index contributed by atoms with van der Waals surface area (Å²) >= 11 is 1.53. The summed E-state index contributed by atoms with van der Waals surface area (Å²) in [4.78, 5) is 44.9. The Labute approximate surface area is 210 Å². The third kappa shape index (κ3) is 3.82. The molecule has 4 aliphatic rings.